The van der Waals surface area contributed by atoms with Crippen LogP contribution in [0, 0.1) is 34.5 Å². The second kappa shape index (κ2) is 4.89. The van der Waals surface area contributed by atoms with E-state index in [-0.39, 0.29) is 11.8 Å². The molecule has 4 aliphatic rings. The van der Waals surface area contributed by atoms with Crippen LogP contribution in [0.4, 0.5) is 13.2 Å². The number of alkyl halides is 3. The van der Waals surface area contributed by atoms with Crippen molar-refractivity contribution in [2.45, 2.75) is 78.3 Å². The molecule has 0 nitrogen and oxygen atoms in total. The monoisotopic (exact) mass is 302 g/mol. The first-order valence-corrected chi connectivity index (χ1v) is 8.81. The van der Waals surface area contributed by atoms with Gasteiger partial charge < -0.3 is 0 Å². The summed E-state index contributed by atoms with van der Waals surface area (Å²) in [6.45, 7) is 5.33. The van der Waals surface area contributed by atoms with Gasteiger partial charge in [-0.2, -0.15) is 13.2 Å². The van der Waals surface area contributed by atoms with Gasteiger partial charge in [0.15, 0.2) is 0 Å². The molecule has 3 heteroatoms. The Bertz CT molecular complexity index is 370. The Morgan fingerprint density at radius 2 is 1.38 bits per heavy atom. The summed E-state index contributed by atoms with van der Waals surface area (Å²) in [5.74, 6) is 2.77. The zero-order chi connectivity index (χ0) is 15.5. The smallest absolute Gasteiger partial charge is 0.171 e. The lowest BCUT2D eigenvalue weighted by atomic mass is 9.42. The summed E-state index contributed by atoms with van der Waals surface area (Å²) in [6.07, 6.45) is 3.63. The van der Waals surface area contributed by atoms with Crippen LogP contribution in [0.15, 0.2) is 0 Å². The minimum Gasteiger partial charge on any atom is -0.171 e. The van der Waals surface area contributed by atoms with Crippen molar-refractivity contribution in [2.24, 2.45) is 34.5 Å². The first-order chi connectivity index (χ1) is 9.74. The minimum absolute atomic E-state index is 0.0340. The van der Waals surface area contributed by atoms with Crippen molar-refractivity contribution in [1.82, 2.24) is 0 Å². The van der Waals surface area contributed by atoms with Crippen molar-refractivity contribution >= 4 is 0 Å². The van der Waals surface area contributed by atoms with Gasteiger partial charge in [-0.1, -0.05) is 20.8 Å². The molecule has 0 spiro atoms. The molecule has 21 heavy (non-hydrogen) atoms. The van der Waals surface area contributed by atoms with E-state index in [9.17, 15) is 13.2 Å². The lowest BCUT2D eigenvalue weighted by Crippen LogP contribution is -2.55. The zero-order valence-electron chi connectivity index (χ0n) is 13.6. The van der Waals surface area contributed by atoms with Gasteiger partial charge in [0.05, 0.1) is 5.41 Å². The number of rotatable bonds is 4. The molecule has 0 saturated heterocycles. The Kier molecular flexibility index (Phi) is 3.65. The van der Waals surface area contributed by atoms with Gasteiger partial charge in [-0.3, -0.25) is 0 Å². The topological polar surface area (TPSA) is 0 Å². The molecule has 0 aromatic heterocycles. The first-order valence-electron chi connectivity index (χ1n) is 8.81. The Labute approximate surface area is 126 Å². The summed E-state index contributed by atoms with van der Waals surface area (Å²) in [5.41, 5.74) is -1.54. The van der Waals surface area contributed by atoms with Crippen LogP contribution < -0.4 is 0 Å². The van der Waals surface area contributed by atoms with E-state index < -0.39 is 11.6 Å². The molecule has 4 aliphatic carbocycles. The molecule has 4 fully saturated rings. The van der Waals surface area contributed by atoms with Crippen LogP contribution in [0.3, 0.4) is 0 Å². The Morgan fingerprint density at radius 3 is 1.71 bits per heavy atom. The molecule has 0 heterocycles. The van der Waals surface area contributed by atoms with Crippen molar-refractivity contribution in [2.75, 3.05) is 0 Å². The second-order valence-electron chi connectivity index (χ2n) is 8.48. The van der Waals surface area contributed by atoms with E-state index in [0.717, 1.165) is 18.3 Å². The molecule has 0 radical (unpaired) electrons. The summed E-state index contributed by atoms with van der Waals surface area (Å²) in [5, 5.41) is 0. The quantitative estimate of drug-likeness (QED) is 0.579. The van der Waals surface area contributed by atoms with Gasteiger partial charge >= 0.3 is 6.18 Å². The van der Waals surface area contributed by atoms with Gasteiger partial charge in [0.25, 0.3) is 0 Å². The van der Waals surface area contributed by atoms with Gasteiger partial charge in [-0.25, -0.2) is 0 Å². The Morgan fingerprint density at radius 1 is 0.905 bits per heavy atom. The van der Waals surface area contributed by atoms with Crippen molar-refractivity contribution < 1.29 is 13.2 Å². The summed E-state index contributed by atoms with van der Waals surface area (Å²) < 4.78 is 40.9. The van der Waals surface area contributed by atoms with E-state index in [4.69, 9.17) is 0 Å². The average Bonchev–Trinajstić information content (AvgIpc) is 2.41. The van der Waals surface area contributed by atoms with Crippen molar-refractivity contribution in [3.63, 3.8) is 0 Å². The molecule has 0 N–H and O–H groups in total. The van der Waals surface area contributed by atoms with Gasteiger partial charge in [-0.15, -0.1) is 0 Å². The lowest BCUT2D eigenvalue weighted by Gasteiger charge is -2.63. The second-order valence-corrected chi connectivity index (χ2v) is 8.48. The predicted molar refractivity (Wildman–Crippen MR) is 78.8 cm³/mol. The summed E-state index contributed by atoms with van der Waals surface area (Å²) in [6, 6.07) is 0. The average molecular weight is 302 g/mol. The van der Waals surface area contributed by atoms with E-state index in [2.05, 4.69) is 6.92 Å². The fourth-order valence-corrected chi connectivity index (χ4v) is 6.27. The van der Waals surface area contributed by atoms with E-state index in [1.165, 1.54) is 39.0 Å². The van der Waals surface area contributed by atoms with E-state index in [1.54, 1.807) is 6.92 Å². The molecule has 0 aromatic rings. The highest BCUT2D eigenvalue weighted by Gasteiger charge is 2.61. The standard InChI is InChI=1S/C18H29F3/c1-4-16(3,18(19,20)21)11-17(5-2)14-7-12-6-13(9-14)10-15(17)8-12/h12-15H,4-11H2,1-3H3. The largest absolute Gasteiger partial charge is 0.394 e. The van der Waals surface area contributed by atoms with Gasteiger partial charge in [0, 0.05) is 0 Å². The normalized spacial score (nSPS) is 44.9. The summed E-state index contributed by atoms with van der Waals surface area (Å²) in [7, 11) is 0. The van der Waals surface area contributed by atoms with Gasteiger partial charge in [0.2, 0.25) is 0 Å². The molecule has 4 saturated carbocycles. The van der Waals surface area contributed by atoms with E-state index >= 15 is 0 Å². The minimum atomic E-state index is -4.07. The van der Waals surface area contributed by atoms with Crippen LogP contribution in [-0.4, -0.2) is 6.18 Å². The molecule has 1 unspecified atom stereocenters. The maximum atomic E-state index is 13.6. The summed E-state index contributed by atoms with van der Waals surface area (Å²) >= 11 is 0. The third-order valence-corrected chi connectivity index (χ3v) is 7.61. The Hall–Kier alpha value is -0.210. The van der Waals surface area contributed by atoms with Crippen molar-refractivity contribution in [3.05, 3.63) is 0 Å². The van der Waals surface area contributed by atoms with Crippen LogP contribution >= 0.6 is 0 Å². The predicted octanol–water partition coefficient (Wildman–Crippen LogP) is 6.21. The van der Waals surface area contributed by atoms with Crippen molar-refractivity contribution in [3.8, 4) is 0 Å². The fourth-order valence-electron chi connectivity index (χ4n) is 6.27. The van der Waals surface area contributed by atoms with E-state index in [1.807, 2.05) is 0 Å². The Balaban J connectivity index is 1.91. The van der Waals surface area contributed by atoms with Crippen LogP contribution in [0.5, 0.6) is 0 Å². The molecule has 4 rings (SSSR count). The fraction of sp³-hybridized carbons (Fsp3) is 1.00. The van der Waals surface area contributed by atoms with Crippen LogP contribution in [-0.2, 0) is 0 Å². The maximum Gasteiger partial charge on any atom is 0.394 e. The SMILES string of the molecule is CCC1(CC(C)(CC)C(F)(F)F)C2CC3CC(C2)CC1C3. The van der Waals surface area contributed by atoms with Crippen LogP contribution in [0.2, 0.25) is 0 Å². The molecular formula is C18H29F3. The third-order valence-electron chi connectivity index (χ3n) is 7.61. The maximum absolute atomic E-state index is 13.6. The number of halogens is 3. The molecule has 4 bridgehead atoms. The highest BCUT2D eigenvalue weighted by molar-refractivity contribution is 5.07. The molecular weight excluding hydrogens is 273 g/mol. The molecule has 0 amide bonds. The third kappa shape index (κ3) is 2.25. The number of hydrogen-bond acceptors (Lipinski definition) is 0. The molecule has 0 aromatic carbocycles. The lowest BCUT2D eigenvalue weighted by molar-refractivity contribution is -0.246. The number of hydrogen-bond donors (Lipinski definition) is 0. The highest BCUT2D eigenvalue weighted by atomic mass is 19.4. The van der Waals surface area contributed by atoms with Crippen LogP contribution in [0.1, 0.15) is 72.1 Å². The molecule has 122 valence electrons. The molecule has 0 aliphatic heterocycles. The molecule has 1 atom stereocenters. The first kappa shape index (κ1) is 15.7. The zero-order valence-corrected chi connectivity index (χ0v) is 13.6. The van der Waals surface area contributed by atoms with E-state index in [0.29, 0.717) is 18.3 Å². The van der Waals surface area contributed by atoms with Crippen LogP contribution in [0.25, 0.3) is 0 Å². The summed E-state index contributed by atoms with van der Waals surface area (Å²) in [4.78, 5) is 0. The van der Waals surface area contributed by atoms with Crippen molar-refractivity contribution in [1.29, 1.82) is 0 Å². The van der Waals surface area contributed by atoms with Gasteiger partial charge in [0.1, 0.15) is 0 Å². The highest BCUT2D eigenvalue weighted by Crippen LogP contribution is 2.67. The van der Waals surface area contributed by atoms with Gasteiger partial charge in [-0.05, 0) is 80.5 Å².